The first-order chi connectivity index (χ1) is 9.29. The van der Waals surface area contributed by atoms with E-state index < -0.39 is 0 Å². The largest absolute Gasteiger partial charge is 0.291 e. The summed E-state index contributed by atoms with van der Waals surface area (Å²) in [5.41, 5.74) is 4.09. The molecule has 0 atom stereocenters. The molecule has 0 unspecified atom stereocenters. The standard InChI is InChI=1S/C18H21N/c1-3-13-19(14-17-10-5-4-6-11-17)15-18-12-8-7-9-16(18)2/h3-12H,1,13-15H2,2H3. The summed E-state index contributed by atoms with van der Waals surface area (Å²) >= 11 is 0. The van der Waals surface area contributed by atoms with Crippen molar-refractivity contribution in [2.24, 2.45) is 0 Å². The lowest BCUT2D eigenvalue weighted by Gasteiger charge is -2.21. The number of benzene rings is 2. The monoisotopic (exact) mass is 251 g/mol. The van der Waals surface area contributed by atoms with E-state index in [0.717, 1.165) is 19.6 Å². The van der Waals surface area contributed by atoms with Gasteiger partial charge in [-0.25, -0.2) is 0 Å². The van der Waals surface area contributed by atoms with Gasteiger partial charge in [0.15, 0.2) is 0 Å². The van der Waals surface area contributed by atoms with Gasteiger partial charge in [0.2, 0.25) is 0 Å². The molecule has 0 spiro atoms. The zero-order valence-corrected chi connectivity index (χ0v) is 11.5. The van der Waals surface area contributed by atoms with Crippen molar-refractivity contribution < 1.29 is 0 Å². The Morgan fingerprint density at radius 2 is 1.63 bits per heavy atom. The highest BCUT2D eigenvalue weighted by Gasteiger charge is 2.06. The van der Waals surface area contributed by atoms with E-state index in [4.69, 9.17) is 0 Å². The molecule has 0 N–H and O–H groups in total. The second-order valence-electron chi connectivity index (χ2n) is 4.87. The third-order valence-corrected chi connectivity index (χ3v) is 3.29. The summed E-state index contributed by atoms with van der Waals surface area (Å²) in [6, 6.07) is 19.2. The normalized spacial score (nSPS) is 10.6. The molecule has 0 aromatic heterocycles. The smallest absolute Gasteiger partial charge is 0.0243 e. The lowest BCUT2D eigenvalue weighted by Crippen LogP contribution is -2.23. The molecule has 2 aromatic rings. The van der Waals surface area contributed by atoms with Crippen LogP contribution in [0.2, 0.25) is 0 Å². The molecule has 1 heteroatoms. The van der Waals surface area contributed by atoms with Crippen LogP contribution in [-0.4, -0.2) is 11.4 Å². The first-order valence-electron chi connectivity index (χ1n) is 6.71. The number of hydrogen-bond donors (Lipinski definition) is 0. The van der Waals surface area contributed by atoms with E-state index in [2.05, 4.69) is 73.0 Å². The fourth-order valence-corrected chi connectivity index (χ4v) is 2.24. The highest BCUT2D eigenvalue weighted by molar-refractivity contribution is 5.25. The molecule has 98 valence electrons. The fourth-order valence-electron chi connectivity index (χ4n) is 2.24. The van der Waals surface area contributed by atoms with Gasteiger partial charge in [-0.2, -0.15) is 0 Å². The molecule has 0 aliphatic heterocycles. The quantitative estimate of drug-likeness (QED) is 0.696. The molecule has 0 radical (unpaired) electrons. The summed E-state index contributed by atoms with van der Waals surface area (Å²) in [6.07, 6.45) is 1.97. The molecule has 0 bridgehead atoms. The van der Waals surface area contributed by atoms with Crippen LogP contribution < -0.4 is 0 Å². The highest BCUT2D eigenvalue weighted by atomic mass is 15.1. The number of aryl methyl sites for hydroxylation is 1. The summed E-state index contributed by atoms with van der Waals surface area (Å²) in [6.45, 7) is 8.87. The maximum atomic E-state index is 3.86. The molecule has 2 aromatic carbocycles. The Kier molecular flexibility index (Phi) is 4.93. The van der Waals surface area contributed by atoms with Gasteiger partial charge in [0.1, 0.15) is 0 Å². The van der Waals surface area contributed by atoms with Crippen LogP contribution in [0.25, 0.3) is 0 Å². The van der Waals surface area contributed by atoms with Gasteiger partial charge in [-0.15, -0.1) is 6.58 Å². The van der Waals surface area contributed by atoms with Crippen LogP contribution in [0, 0.1) is 6.92 Å². The fraction of sp³-hybridized carbons (Fsp3) is 0.222. The molecule has 19 heavy (non-hydrogen) atoms. The molecule has 1 nitrogen and oxygen atoms in total. The van der Waals surface area contributed by atoms with Crippen molar-refractivity contribution in [3.63, 3.8) is 0 Å². The van der Waals surface area contributed by atoms with Crippen LogP contribution >= 0.6 is 0 Å². The van der Waals surface area contributed by atoms with Crippen LogP contribution in [0.4, 0.5) is 0 Å². The van der Waals surface area contributed by atoms with E-state index in [1.807, 2.05) is 6.08 Å². The molecule has 2 rings (SSSR count). The van der Waals surface area contributed by atoms with Crippen molar-refractivity contribution >= 4 is 0 Å². The molecule has 0 saturated carbocycles. The van der Waals surface area contributed by atoms with Gasteiger partial charge >= 0.3 is 0 Å². The van der Waals surface area contributed by atoms with Crippen LogP contribution in [0.1, 0.15) is 16.7 Å². The van der Waals surface area contributed by atoms with Gasteiger partial charge in [-0.05, 0) is 23.6 Å². The molecule has 0 amide bonds. The zero-order chi connectivity index (χ0) is 13.5. The average molecular weight is 251 g/mol. The maximum Gasteiger partial charge on any atom is 0.0243 e. The average Bonchev–Trinajstić information content (AvgIpc) is 2.43. The minimum atomic E-state index is 0.906. The topological polar surface area (TPSA) is 3.24 Å². The Bertz CT molecular complexity index is 516. The number of nitrogens with zero attached hydrogens (tertiary/aromatic N) is 1. The molecule has 0 aliphatic rings. The third-order valence-electron chi connectivity index (χ3n) is 3.29. The summed E-state index contributed by atoms with van der Waals surface area (Å²) < 4.78 is 0. The lowest BCUT2D eigenvalue weighted by atomic mass is 10.1. The highest BCUT2D eigenvalue weighted by Crippen LogP contribution is 2.13. The molecule has 0 aliphatic carbocycles. The molecule has 0 heterocycles. The predicted molar refractivity (Wildman–Crippen MR) is 81.9 cm³/mol. The Balaban J connectivity index is 2.08. The lowest BCUT2D eigenvalue weighted by molar-refractivity contribution is 0.285. The van der Waals surface area contributed by atoms with Crippen molar-refractivity contribution in [2.75, 3.05) is 6.54 Å². The molecule has 0 fully saturated rings. The maximum absolute atomic E-state index is 3.86. The van der Waals surface area contributed by atoms with E-state index in [-0.39, 0.29) is 0 Å². The first-order valence-corrected chi connectivity index (χ1v) is 6.71. The second-order valence-corrected chi connectivity index (χ2v) is 4.87. The van der Waals surface area contributed by atoms with Crippen LogP contribution in [0.15, 0.2) is 67.3 Å². The third kappa shape index (κ3) is 4.08. The summed E-state index contributed by atoms with van der Waals surface area (Å²) in [5.74, 6) is 0. The molecule has 0 saturated heterocycles. The van der Waals surface area contributed by atoms with Gasteiger partial charge < -0.3 is 0 Å². The molecular weight excluding hydrogens is 230 g/mol. The van der Waals surface area contributed by atoms with Crippen LogP contribution in [0.3, 0.4) is 0 Å². The Hall–Kier alpha value is -1.86. The van der Waals surface area contributed by atoms with Crippen LogP contribution in [-0.2, 0) is 13.1 Å². The summed E-state index contributed by atoms with van der Waals surface area (Å²) in [4.78, 5) is 2.41. The van der Waals surface area contributed by atoms with Crippen molar-refractivity contribution in [3.05, 3.63) is 83.9 Å². The van der Waals surface area contributed by atoms with Gasteiger partial charge in [0.05, 0.1) is 0 Å². The van der Waals surface area contributed by atoms with E-state index in [9.17, 15) is 0 Å². The zero-order valence-electron chi connectivity index (χ0n) is 11.5. The van der Waals surface area contributed by atoms with Gasteiger partial charge in [0.25, 0.3) is 0 Å². The van der Waals surface area contributed by atoms with E-state index in [1.54, 1.807) is 0 Å². The Morgan fingerprint density at radius 1 is 0.947 bits per heavy atom. The van der Waals surface area contributed by atoms with Gasteiger partial charge in [0, 0.05) is 19.6 Å². The summed E-state index contributed by atoms with van der Waals surface area (Å²) in [7, 11) is 0. The van der Waals surface area contributed by atoms with E-state index in [0.29, 0.717) is 0 Å². The number of hydrogen-bond acceptors (Lipinski definition) is 1. The van der Waals surface area contributed by atoms with E-state index >= 15 is 0 Å². The second kappa shape index (κ2) is 6.91. The minimum absolute atomic E-state index is 0.906. The number of rotatable bonds is 6. The Labute approximate surface area is 116 Å². The van der Waals surface area contributed by atoms with E-state index in [1.165, 1.54) is 16.7 Å². The Morgan fingerprint density at radius 3 is 2.32 bits per heavy atom. The predicted octanol–water partition coefficient (Wildman–Crippen LogP) is 4.18. The first kappa shape index (κ1) is 13.6. The molecular formula is C18H21N. The van der Waals surface area contributed by atoms with Crippen LogP contribution in [0.5, 0.6) is 0 Å². The van der Waals surface area contributed by atoms with Crippen molar-refractivity contribution in [2.45, 2.75) is 20.0 Å². The minimum Gasteiger partial charge on any atom is -0.291 e. The summed E-state index contributed by atoms with van der Waals surface area (Å²) in [5, 5.41) is 0. The van der Waals surface area contributed by atoms with Crippen molar-refractivity contribution in [1.29, 1.82) is 0 Å². The SMILES string of the molecule is C=CCN(Cc1ccccc1)Cc1ccccc1C. The van der Waals surface area contributed by atoms with Gasteiger partial charge in [-0.3, -0.25) is 4.90 Å². The van der Waals surface area contributed by atoms with Gasteiger partial charge in [-0.1, -0.05) is 60.7 Å². The van der Waals surface area contributed by atoms with Crippen molar-refractivity contribution in [3.8, 4) is 0 Å². The van der Waals surface area contributed by atoms with Crippen molar-refractivity contribution in [1.82, 2.24) is 4.90 Å².